The highest BCUT2D eigenvalue weighted by atomic mass is 16.2. The lowest BCUT2D eigenvalue weighted by atomic mass is 9.93. The van der Waals surface area contributed by atoms with Gasteiger partial charge in [0.05, 0.1) is 12.0 Å². The summed E-state index contributed by atoms with van der Waals surface area (Å²) in [7, 11) is 0. The second-order valence-electron chi connectivity index (χ2n) is 5.75. The molecule has 1 saturated carbocycles. The second kappa shape index (κ2) is 6.73. The zero-order chi connectivity index (χ0) is 13.6. The van der Waals surface area contributed by atoms with E-state index < -0.39 is 5.41 Å². The molecule has 1 aliphatic rings. The van der Waals surface area contributed by atoms with Crippen LogP contribution in [0, 0.1) is 5.41 Å². The Hall–Kier alpha value is -1.10. The van der Waals surface area contributed by atoms with Gasteiger partial charge in [0.15, 0.2) is 0 Å². The fraction of sp³-hybridized carbons (Fsp3) is 0.846. The molecule has 0 radical (unpaired) electrons. The molecule has 0 aliphatic heterocycles. The molecule has 1 rings (SSSR count). The molecule has 0 heterocycles. The third kappa shape index (κ3) is 5.04. The third-order valence-electron chi connectivity index (χ3n) is 3.49. The average molecular weight is 255 g/mol. The molecule has 0 spiro atoms. The number of nitrogens with one attached hydrogen (secondary N) is 2. The highest BCUT2D eigenvalue weighted by Crippen LogP contribution is 2.17. The Balaban J connectivity index is 2.18. The first-order valence-corrected chi connectivity index (χ1v) is 6.72. The molecule has 5 heteroatoms. The number of rotatable bonds is 6. The van der Waals surface area contributed by atoms with Crippen LogP contribution in [-0.4, -0.2) is 30.9 Å². The average Bonchev–Trinajstić information content (AvgIpc) is 2.29. The van der Waals surface area contributed by atoms with E-state index in [1.54, 1.807) is 13.8 Å². The maximum atomic E-state index is 11.7. The molecule has 104 valence electrons. The Bertz CT molecular complexity index is 297. The van der Waals surface area contributed by atoms with Crippen molar-refractivity contribution < 1.29 is 9.59 Å². The molecule has 1 fully saturated rings. The summed E-state index contributed by atoms with van der Waals surface area (Å²) in [6, 6.07) is 0.331. The van der Waals surface area contributed by atoms with Gasteiger partial charge in [-0.15, -0.1) is 0 Å². The molecule has 1 aliphatic carbocycles. The summed E-state index contributed by atoms with van der Waals surface area (Å²) in [4.78, 5) is 22.8. The zero-order valence-electron chi connectivity index (χ0n) is 11.4. The molecule has 18 heavy (non-hydrogen) atoms. The van der Waals surface area contributed by atoms with E-state index in [1.165, 1.54) is 19.3 Å². The minimum atomic E-state index is -0.620. The molecule has 4 N–H and O–H groups in total. The Morgan fingerprint density at radius 2 is 1.83 bits per heavy atom. The molecular weight excluding hydrogens is 230 g/mol. The van der Waals surface area contributed by atoms with E-state index in [2.05, 4.69) is 10.6 Å². The van der Waals surface area contributed by atoms with E-state index in [1.807, 2.05) is 0 Å². The van der Waals surface area contributed by atoms with E-state index >= 15 is 0 Å². The van der Waals surface area contributed by atoms with E-state index in [-0.39, 0.29) is 18.4 Å². The first kappa shape index (κ1) is 15.0. The lowest BCUT2D eigenvalue weighted by molar-refractivity contribution is -0.126. The Morgan fingerprint density at radius 1 is 1.22 bits per heavy atom. The van der Waals surface area contributed by atoms with Gasteiger partial charge in [-0.3, -0.25) is 9.59 Å². The summed E-state index contributed by atoms with van der Waals surface area (Å²) in [6.07, 6.45) is 5.84. The first-order chi connectivity index (χ1) is 8.42. The van der Waals surface area contributed by atoms with Crippen molar-refractivity contribution in [2.75, 3.05) is 13.1 Å². The number of nitrogens with two attached hydrogens (primary N) is 1. The van der Waals surface area contributed by atoms with Crippen molar-refractivity contribution in [3.63, 3.8) is 0 Å². The fourth-order valence-electron chi connectivity index (χ4n) is 2.10. The maximum absolute atomic E-state index is 11.7. The van der Waals surface area contributed by atoms with Crippen LogP contribution in [-0.2, 0) is 9.59 Å². The van der Waals surface area contributed by atoms with Gasteiger partial charge in [0.2, 0.25) is 11.8 Å². The molecule has 5 nitrogen and oxygen atoms in total. The summed E-state index contributed by atoms with van der Waals surface area (Å²) in [5.41, 5.74) is 4.64. The molecule has 0 aromatic carbocycles. The normalized spacial score (nSPS) is 17.4. The third-order valence-corrected chi connectivity index (χ3v) is 3.49. The molecule has 0 aromatic heterocycles. The van der Waals surface area contributed by atoms with Gasteiger partial charge in [0.1, 0.15) is 0 Å². The maximum Gasteiger partial charge on any atom is 0.234 e. The predicted molar refractivity (Wildman–Crippen MR) is 70.9 cm³/mol. The molecule has 0 aromatic rings. The summed E-state index contributed by atoms with van der Waals surface area (Å²) in [5, 5.41) is 6.00. The Morgan fingerprint density at radius 3 is 2.39 bits per heavy atom. The molecule has 0 atom stereocenters. The summed E-state index contributed by atoms with van der Waals surface area (Å²) < 4.78 is 0. The van der Waals surface area contributed by atoms with Crippen LogP contribution in [0.15, 0.2) is 0 Å². The number of carbonyl (C=O) groups is 2. The number of primary amides is 1. The minimum absolute atomic E-state index is 0.00201. The standard InChI is InChI=1S/C13H25N3O2/c1-13(2,12(14)18)9-15-8-11(17)16-10-6-4-3-5-7-10/h10,15H,3-9H2,1-2H3,(H2,14,18)(H,16,17). The lowest BCUT2D eigenvalue weighted by Gasteiger charge is -2.24. The van der Waals surface area contributed by atoms with Crippen LogP contribution >= 0.6 is 0 Å². The molecule has 2 amide bonds. The van der Waals surface area contributed by atoms with Crippen LogP contribution in [0.3, 0.4) is 0 Å². The van der Waals surface area contributed by atoms with Gasteiger partial charge in [0, 0.05) is 12.6 Å². The highest BCUT2D eigenvalue weighted by molar-refractivity contribution is 5.81. The summed E-state index contributed by atoms with van der Waals surface area (Å²) in [6.45, 7) is 4.19. The van der Waals surface area contributed by atoms with Gasteiger partial charge >= 0.3 is 0 Å². The van der Waals surface area contributed by atoms with Crippen LogP contribution in [0.5, 0.6) is 0 Å². The van der Waals surface area contributed by atoms with E-state index in [0.717, 1.165) is 12.8 Å². The Kier molecular flexibility index (Phi) is 5.59. The minimum Gasteiger partial charge on any atom is -0.369 e. The van der Waals surface area contributed by atoms with Crippen molar-refractivity contribution in [3.05, 3.63) is 0 Å². The fourth-order valence-corrected chi connectivity index (χ4v) is 2.10. The number of carbonyl (C=O) groups excluding carboxylic acids is 2. The molecule has 0 bridgehead atoms. The largest absolute Gasteiger partial charge is 0.369 e. The van der Waals surface area contributed by atoms with Crippen molar-refractivity contribution in [1.29, 1.82) is 0 Å². The van der Waals surface area contributed by atoms with Crippen molar-refractivity contribution in [2.45, 2.75) is 52.0 Å². The second-order valence-corrected chi connectivity index (χ2v) is 5.75. The lowest BCUT2D eigenvalue weighted by Crippen LogP contribution is -2.45. The van der Waals surface area contributed by atoms with Gasteiger partial charge in [-0.05, 0) is 26.7 Å². The van der Waals surface area contributed by atoms with Gasteiger partial charge in [-0.1, -0.05) is 19.3 Å². The van der Waals surface area contributed by atoms with Crippen LogP contribution in [0.1, 0.15) is 46.0 Å². The zero-order valence-corrected chi connectivity index (χ0v) is 11.4. The van der Waals surface area contributed by atoms with Crippen molar-refractivity contribution in [2.24, 2.45) is 11.1 Å². The molecule has 0 unspecified atom stereocenters. The summed E-state index contributed by atoms with van der Waals surface area (Å²) >= 11 is 0. The smallest absolute Gasteiger partial charge is 0.234 e. The van der Waals surface area contributed by atoms with E-state index in [0.29, 0.717) is 12.6 Å². The van der Waals surface area contributed by atoms with Gasteiger partial charge in [-0.2, -0.15) is 0 Å². The van der Waals surface area contributed by atoms with Crippen molar-refractivity contribution in [3.8, 4) is 0 Å². The van der Waals surface area contributed by atoms with Gasteiger partial charge in [-0.25, -0.2) is 0 Å². The number of amides is 2. The van der Waals surface area contributed by atoms with Gasteiger partial charge in [0.25, 0.3) is 0 Å². The van der Waals surface area contributed by atoms with Gasteiger partial charge < -0.3 is 16.4 Å². The van der Waals surface area contributed by atoms with Crippen molar-refractivity contribution in [1.82, 2.24) is 10.6 Å². The number of hydrogen-bond acceptors (Lipinski definition) is 3. The van der Waals surface area contributed by atoms with Crippen molar-refractivity contribution >= 4 is 11.8 Å². The van der Waals surface area contributed by atoms with Crippen LogP contribution in [0.25, 0.3) is 0 Å². The van der Waals surface area contributed by atoms with Crippen LogP contribution in [0.4, 0.5) is 0 Å². The SMILES string of the molecule is CC(C)(CNCC(=O)NC1CCCCC1)C(N)=O. The first-order valence-electron chi connectivity index (χ1n) is 6.72. The van der Waals surface area contributed by atoms with Crippen LogP contribution < -0.4 is 16.4 Å². The van der Waals surface area contributed by atoms with E-state index in [9.17, 15) is 9.59 Å². The van der Waals surface area contributed by atoms with Crippen LogP contribution in [0.2, 0.25) is 0 Å². The van der Waals surface area contributed by atoms with E-state index in [4.69, 9.17) is 5.73 Å². The monoisotopic (exact) mass is 255 g/mol. The Labute approximate surface area is 109 Å². The molecular formula is C13H25N3O2. The summed E-state index contributed by atoms with van der Waals surface area (Å²) in [5.74, 6) is -0.357. The predicted octanol–water partition coefficient (Wildman–Crippen LogP) is 0.536. The topological polar surface area (TPSA) is 84.2 Å². The molecule has 0 saturated heterocycles. The highest BCUT2D eigenvalue weighted by Gasteiger charge is 2.24. The quantitative estimate of drug-likeness (QED) is 0.647. The number of hydrogen-bond donors (Lipinski definition) is 3.